The fourth-order valence-corrected chi connectivity index (χ4v) is 3.80. The molecule has 7 heteroatoms. The maximum Gasteiger partial charge on any atom is 0.241 e. The summed E-state index contributed by atoms with van der Waals surface area (Å²) in [4.78, 5) is 31.5. The zero-order valence-corrected chi connectivity index (χ0v) is 13.0. The first-order chi connectivity index (χ1) is 10.1. The number of carbonyl (C=O) groups excluding carboxylic acids is 2. The highest BCUT2D eigenvalue weighted by Crippen LogP contribution is 2.20. The molecule has 2 amide bonds. The van der Waals surface area contributed by atoms with Crippen LogP contribution in [0.3, 0.4) is 0 Å². The Morgan fingerprint density at radius 3 is 3.19 bits per heavy atom. The lowest BCUT2D eigenvalue weighted by Crippen LogP contribution is -2.42. The minimum Gasteiger partial charge on any atom is -0.344 e. The van der Waals surface area contributed by atoms with E-state index in [4.69, 9.17) is 0 Å². The number of likely N-dealkylation sites (N-methyl/N-ethyl adjacent to an activating group) is 1. The van der Waals surface area contributed by atoms with Crippen molar-refractivity contribution < 1.29 is 9.59 Å². The van der Waals surface area contributed by atoms with E-state index in [1.54, 1.807) is 21.6 Å². The van der Waals surface area contributed by atoms with E-state index >= 15 is 0 Å². The van der Waals surface area contributed by atoms with E-state index in [0.717, 1.165) is 31.8 Å². The van der Waals surface area contributed by atoms with Crippen LogP contribution in [0.1, 0.15) is 12.2 Å². The number of thioether (sulfide) groups is 1. The van der Waals surface area contributed by atoms with Crippen LogP contribution in [-0.4, -0.2) is 62.9 Å². The van der Waals surface area contributed by atoms with Crippen LogP contribution in [0.25, 0.3) is 0 Å². The normalized spacial score (nSPS) is 21.5. The number of fused-ring (bicyclic) bond motifs is 1. The predicted octanol–water partition coefficient (Wildman–Crippen LogP) is 0.437. The highest BCUT2D eigenvalue weighted by Gasteiger charge is 2.26. The number of hydrogen-bond acceptors (Lipinski definition) is 4. The lowest BCUT2D eigenvalue weighted by atomic mass is 9.99. The van der Waals surface area contributed by atoms with Gasteiger partial charge in [-0.15, -0.1) is 11.8 Å². The van der Waals surface area contributed by atoms with Crippen molar-refractivity contribution in [2.24, 2.45) is 5.92 Å². The molecule has 0 unspecified atom stereocenters. The van der Waals surface area contributed by atoms with Gasteiger partial charge in [0.2, 0.25) is 11.8 Å². The van der Waals surface area contributed by atoms with Gasteiger partial charge in [-0.3, -0.25) is 9.59 Å². The van der Waals surface area contributed by atoms with E-state index in [2.05, 4.69) is 9.55 Å². The zero-order chi connectivity index (χ0) is 14.8. The van der Waals surface area contributed by atoms with Gasteiger partial charge in [0, 0.05) is 39.0 Å². The van der Waals surface area contributed by atoms with Gasteiger partial charge in [-0.05, 0) is 12.3 Å². The molecule has 6 nitrogen and oxygen atoms in total. The molecule has 2 aliphatic heterocycles. The Morgan fingerprint density at radius 1 is 1.57 bits per heavy atom. The second-order valence-electron chi connectivity index (χ2n) is 5.74. The van der Waals surface area contributed by atoms with Crippen molar-refractivity contribution in [3.05, 3.63) is 18.2 Å². The van der Waals surface area contributed by atoms with Crippen LogP contribution in [0.15, 0.2) is 12.4 Å². The monoisotopic (exact) mass is 308 g/mol. The molecule has 0 radical (unpaired) electrons. The molecule has 21 heavy (non-hydrogen) atoms. The van der Waals surface area contributed by atoms with Crippen LogP contribution >= 0.6 is 11.8 Å². The summed E-state index contributed by atoms with van der Waals surface area (Å²) < 4.78 is 2.17. The standard InChI is InChI=1S/C14H20N4O2S/c1-16(13(19)8-18-10-21-9-14(18)20)6-11-2-3-12-15-4-5-17(12)7-11/h4-5,11H,2-3,6-10H2,1H3/t11-/m1/s1. The number of hydrogen-bond donors (Lipinski definition) is 0. The third-order valence-corrected chi connectivity index (χ3v) is 5.09. The van der Waals surface area contributed by atoms with E-state index in [0.29, 0.717) is 17.5 Å². The van der Waals surface area contributed by atoms with E-state index in [1.165, 1.54) is 0 Å². The number of amides is 2. The van der Waals surface area contributed by atoms with Gasteiger partial charge in [0.15, 0.2) is 0 Å². The molecular formula is C14H20N4O2S. The van der Waals surface area contributed by atoms with Gasteiger partial charge >= 0.3 is 0 Å². The van der Waals surface area contributed by atoms with Gasteiger partial charge in [-0.2, -0.15) is 0 Å². The Bertz CT molecular complexity index is 545. The number of aromatic nitrogens is 2. The minimum atomic E-state index is 0.0299. The summed E-state index contributed by atoms with van der Waals surface area (Å²) >= 11 is 1.57. The summed E-state index contributed by atoms with van der Waals surface area (Å²) in [5.41, 5.74) is 0. The second kappa shape index (κ2) is 6.09. The van der Waals surface area contributed by atoms with E-state index < -0.39 is 0 Å². The molecule has 3 heterocycles. The van der Waals surface area contributed by atoms with Crippen LogP contribution < -0.4 is 0 Å². The molecule has 1 aromatic heterocycles. The Balaban J connectivity index is 1.51. The molecule has 114 valence electrons. The topological polar surface area (TPSA) is 58.4 Å². The first-order valence-corrected chi connectivity index (χ1v) is 8.38. The summed E-state index contributed by atoms with van der Waals surface area (Å²) in [6.45, 7) is 1.88. The lowest BCUT2D eigenvalue weighted by Gasteiger charge is -2.29. The van der Waals surface area contributed by atoms with E-state index in [9.17, 15) is 9.59 Å². The molecule has 0 aliphatic carbocycles. The molecule has 0 spiro atoms. The maximum atomic E-state index is 12.2. The Hall–Kier alpha value is -1.50. The van der Waals surface area contributed by atoms with E-state index in [-0.39, 0.29) is 18.4 Å². The van der Waals surface area contributed by atoms with Crippen molar-refractivity contribution in [1.82, 2.24) is 19.4 Å². The molecule has 0 bridgehead atoms. The van der Waals surface area contributed by atoms with Crippen LogP contribution in [0.5, 0.6) is 0 Å². The summed E-state index contributed by atoms with van der Waals surface area (Å²) in [6.07, 6.45) is 5.88. The minimum absolute atomic E-state index is 0.0299. The van der Waals surface area contributed by atoms with Gasteiger partial charge in [-0.25, -0.2) is 4.98 Å². The Labute approximate surface area is 128 Å². The summed E-state index contributed by atoms with van der Waals surface area (Å²) in [7, 11) is 1.83. The zero-order valence-electron chi connectivity index (χ0n) is 12.2. The fourth-order valence-electron chi connectivity index (χ4n) is 2.90. The van der Waals surface area contributed by atoms with Crippen molar-refractivity contribution in [3.63, 3.8) is 0 Å². The Kier molecular flexibility index (Phi) is 4.19. The Morgan fingerprint density at radius 2 is 2.43 bits per heavy atom. The van der Waals surface area contributed by atoms with Crippen LogP contribution in [0, 0.1) is 5.92 Å². The number of aryl methyl sites for hydroxylation is 1. The van der Waals surface area contributed by atoms with Gasteiger partial charge < -0.3 is 14.4 Å². The van der Waals surface area contributed by atoms with Crippen molar-refractivity contribution in [1.29, 1.82) is 0 Å². The number of nitrogens with zero attached hydrogens (tertiary/aromatic N) is 4. The van der Waals surface area contributed by atoms with Gasteiger partial charge in [0.1, 0.15) is 12.4 Å². The largest absolute Gasteiger partial charge is 0.344 e. The fraction of sp³-hybridized carbons (Fsp3) is 0.643. The average Bonchev–Trinajstić information content (AvgIpc) is 3.07. The van der Waals surface area contributed by atoms with Crippen molar-refractivity contribution in [3.8, 4) is 0 Å². The molecule has 3 rings (SSSR count). The number of imidazole rings is 1. The molecule has 2 aliphatic rings. The second-order valence-corrected chi connectivity index (χ2v) is 6.70. The van der Waals surface area contributed by atoms with Crippen LogP contribution in [-0.2, 0) is 22.6 Å². The lowest BCUT2D eigenvalue weighted by molar-refractivity contribution is -0.137. The van der Waals surface area contributed by atoms with E-state index in [1.807, 2.05) is 19.4 Å². The highest BCUT2D eigenvalue weighted by atomic mass is 32.2. The summed E-state index contributed by atoms with van der Waals surface area (Å²) in [5.74, 6) is 2.84. The SMILES string of the molecule is CN(C[C@H]1CCc2nccn2C1)C(=O)CN1CSCC1=O. The van der Waals surface area contributed by atoms with Crippen LogP contribution in [0.2, 0.25) is 0 Å². The van der Waals surface area contributed by atoms with Gasteiger partial charge in [0.05, 0.1) is 11.6 Å². The quantitative estimate of drug-likeness (QED) is 0.810. The molecule has 0 aromatic carbocycles. The highest BCUT2D eigenvalue weighted by molar-refractivity contribution is 8.00. The molecule has 1 aromatic rings. The van der Waals surface area contributed by atoms with Gasteiger partial charge in [-0.1, -0.05) is 0 Å². The molecule has 1 fully saturated rings. The summed E-state index contributed by atoms with van der Waals surface area (Å²) in [6, 6.07) is 0. The molecule has 0 saturated carbocycles. The van der Waals surface area contributed by atoms with Crippen molar-refractivity contribution in [2.75, 3.05) is 31.8 Å². The third kappa shape index (κ3) is 3.23. The first-order valence-electron chi connectivity index (χ1n) is 7.23. The maximum absolute atomic E-state index is 12.2. The molecule has 0 N–H and O–H groups in total. The smallest absolute Gasteiger partial charge is 0.241 e. The molecule has 1 atom stereocenters. The van der Waals surface area contributed by atoms with Crippen molar-refractivity contribution >= 4 is 23.6 Å². The molecular weight excluding hydrogens is 288 g/mol. The van der Waals surface area contributed by atoms with Gasteiger partial charge in [0.25, 0.3) is 0 Å². The predicted molar refractivity (Wildman–Crippen MR) is 80.7 cm³/mol. The first kappa shape index (κ1) is 14.4. The van der Waals surface area contributed by atoms with Crippen LogP contribution in [0.4, 0.5) is 0 Å². The number of carbonyl (C=O) groups is 2. The molecule has 1 saturated heterocycles. The average molecular weight is 308 g/mol. The number of rotatable bonds is 4. The van der Waals surface area contributed by atoms with Crippen molar-refractivity contribution in [2.45, 2.75) is 19.4 Å². The summed E-state index contributed by atoms with van der Waals surface area (Å²) in [5, 5.41) is 0. The third-order valence-electron chi connectivity index (χ3n) is 4.14.